The first kappa shape index (κ1) is 24.9. The van der Waals surface area contributed by atoms with Crippen LogP contribution in [0.25, 0.3) is 0 Å². The molecule has 0 amide bonds. The summed E-state index contributed by atoms with van der Waals surface area (Å²) in [6, 6.07) is 22.6. The maximum Gasteiger partial charge on any atom is 0.490 e. The van der Waals surface area contributed by atoms with Gasteiger partial charge in [0.15, 0.2) is 0 Å². The molecule has 34 heavy (non-hydrogen) atoms. The van der Waals surface area contributed by atoms with Crippen molar-refractivity contribution in [1.29, 1.82) is 0 Å². The lowest BCUT2D eigenvalue weighted by molar-refractivity contribution is -0.192. The van der Waals surface area contributed by atoms with Crippen LogP contribution in [0.15, 0.2) is 77.8 Å². The van der Waals surface area contributed by atoms with Gasteiger partial charge in [0, 0.05) is 12.0 Å². The number of hydrogen-bond acceptors (Lipinski definition) is 3. The van der Waals surface area contributed by atoms with E-state index in [-0.39, 0.29) is 24.1 Å². The number of rotatable bonds is 4. The lowest BCUT2D eigenvalue weighted by atomic mass is 9.95. The average Bonchev–Trinajstić information content (AvgIpc) is 3.24. The molecule has 0 unspecified atom stereocenters. The number of amidine groups is 1. The molecule has 9 heteroatoms. The molecule has 1 heterocycles. The molecule has 178 valence electrons. The molecule has 0 bridgehead atoms. The van der Waals surface area contributed by atoms with Crippen molar-refractivity contribution in [2.24, 2.45) is 4.99 Å². The SMILES string of the molecule is Cc1ccc(F)c(CC2=N[C@H](c3ccccc3)[C@H](c3ccccc3)N2)c1F.O=C(O)C(F)(F)F. The fourth-order valence-corrected chi connectivity index (χ4v) is 3.52. The first-order chi connectivity index (χ1) is 16.1. The summed E-state index contributed by atoms with van der Waals surface area (Å²) in [5, 5.41) is 10.5. The van der Waals surface area contributed by atoms with E-state index in [4.69, 9.17) is 14.9 Å². The predicted octanol–water partition coefficient (Wildman–Crippen LogP) is 5.93. The Morgan fingerprint density at radius 3 is 2.00 bits per heavy atom. The normalized spacial score (nSPS) is 17.3. The molecular weight excluding hydrogens is 455 g/mol. The highest BCUT2D eigenvalue weighted by Crippen LogP contribution is 2.36. The van der Waals surface area contributed by atoms with Gasteiger partial charge in [-0.05, 0) is 29.7 Å². The Morgan fingerprint density at radius 2 is 1.47 bits per heavy atom. The van der Waals surface area contributed by atoms with Crippen LogP contribution in [-0.4, -0.2) is 23.1 Å². The Hall–Kier alpha value is -3.75. The smallest absolute Gasteiger partial charge is 0.475 e. The number of benzene rings is 3. The fourth-order valence-electron chi connectivity index (χ4n) is 3.52. The summed E-state index contributed by atoms with van der Waals surface area (Å²) in [5.41, 5.74) is 2.65. The quantitative estimate of drug-likeness (QED) is 0.459. The summed E-state index contributed by atoms with van der Waals surface area (Å²) in [6.45, 7) is 1.64. The predicted molar refractivity (Wildman–Crippen MR) is 117 cm³/mol. The minimum atomic E-state index is -5.08. The van der Waals surface area contributed by atoms with Crippen LogP contribution in [0, 0.1) is 18.6 Å². The molecule has 0 aliphatic carbocycles. The van der Waals surface area contributed by atoms with Gasteiger partial charge in [-0.2, -0.15) is 13.2 Å². The molecular formula is C25H21F5N2O2. The van der Waals surface area contributed by atoms with Gasteiger partial charge >= 0.3 is 12.1 Å². The van der Waals surface area contributed by atoms with E-state index in [0.29, 0.717) is 11.4 Å². The summed E-state index contributed by atoms with van der Waals surface area (Å²) in [5.74, 6) is -3.20. The van der Waals surface area contributed by atoms with Crippen molar-refractivity contribution in [3.05, 3.63) is 107 Å². The van der Waals surface area contributed by atoms with Crippen LogP contribution < -0.4 is 5.32 Å². The molecule has 3 aromatic rings. The van der Waals surface area contributed by atoms with E-state index in [0.717, 1.165) is 11.1 Å². The Balaban J connectivity index is 0.000000406. The first-order valence-corrected chi connectivity index (χ1v) is 10.2. The van der Waals surface area contributed by atoms with Crippen molar-refractivity contribution < 1.29 is 31.9 Å². The monoisotopic (exact) mass is 476 g/mol. The van der Waals surface area contributed by atoms with Crippen LogP contribution in [0.1, 0.15) is 34.3 Å². The van der Waals surface area contributed by atoms with E-state index in [1.54, 1.807) is 6.92 Å². The Kier molecular flexibility index (Phi) is 7.65. The molecule has 4 rings (SSSR count). The van der Waals surface area contributed by atoms with E-state index in [2.05, 4.69) is 5.32 Å². The summed E-state index contributed by atoms with van der Waals surface area (Å²) >= 11 is 0. The zero-order valence-corrected chi connectivity index (χ0v) is 18.0. The number of aliphatic carboxylic acids is 1. The first-order valence-electron chi connectivity index (χ1n) is 10.2. The van der Waals surface area contributed by atoms with Crippen molar-refractivity contribution in [3.63, 3.8) is 0 Å². The van der Waals surface area contributed by atoms with Crippen LogP contribution in [0.3, 0.4) is 0 Å². The van der Waals surface area contributed by atoms with Gasteiger partial charge < -0.3 is 10.4 Å². The number of nitrogens with zero attached hydrogens (tertiary/aromatic N) is 1. The Bertz CT molecular complexity index is 1170. The van der Waals surface area contributed by atoms with Gasteiger partial charge in [0.1, 0.15) is 23.5 Å². The van der Waals surface area contributed by atoms with E-state index < -0.39 is 23.8 Å². The Labute approximate surface area is 192 Å². The van der Waals surface area contributed by atoms with Crippen molar-refractivity contribution >= 4 is 11.8 Å². The highest BCUT2D eigenvalue weighted by Gasteiger charge is 2.38. The standard InChI is InChI=1S/C23H20F2N2.C2HF3O2/c1-15-12-13-19(24)18(21(15)25)14-20-26-22(16-8-4-2-5-9-16)23(27-20)17-10-6-3-7-11-17;3-2(4,5)1(6)7/h2-13,22-23H,14H2,1H3,(H,26,27);(H,6,7)/t22-,23+;. The number of carboxylic acids is 1. The van der Waals surface area contributed by atoms with Gasteiger partial charge in [-0.3, -0.25) is 4.99 Å². The van der Waals surface area contributed by atoms with Gasteiger partial charge in [0.25, 0.3) is 0 Å². The van der Waals surface area contributed by atoms with Crippen LogP contribution in [0.4, 0.5) is 22.0 Å². The number of carboxylic acid groups (broad SMARTS) is 1. The number of hydrogen-bond donors (Lipinski definition) is 2. The van der Waals surface area contributed by atoms with Crippen molar-refractivity contribution in [2.75, 3.05) is 0 Å². The second-order valence-corrected chi connectivity index (χ2v) is 7.60. The van der Waals surface area contributed by atoms with E-state index in [1.165, 1.54) is 12.1 Å². The molecule has 3 aromatic carbocycles. The zero-order valence-electron chi connectivity index (χ0n) is 18.0. The lowest BCUT2D eigenvalue weighted by Gasteiger charge is -2.19. The molecule has 0 spiro atoms. The van der Waals surface area contributed by atoms with Crippen LogP contribution in [0.5, 0.6) is 0 Å². The van der Waals surface area contributed by atoms with Crippen molar-refractivity contribution in [1.82, 2.24) is 5.32 Å². The summed E-state index contributed by atoms with van der Waals surface area (Å²) < 4.78 is 60.4. The highest BCUT2D eigenvalue weighted by molar-refractivity contribution is 5.87. The summed E-state index contributed by atoms with van der Waals surface area (Å²) in [4.78, 5) is 13.7. The molecule has 0 saturated carbocycles. The fraction of sp³-hybridized carbons (Fsp3) is 0.200. The third-order valence-electron chi connectivity index (χ3n) is 5.20. The van der Waals surface area contributed by atoms with Crippen LogP contribution >= 0.6 is 0 Å². The van der Waals surface area contributed by atoms with Gasteiger partial charge in [-0.15, -0.1) is 0 Å². The molecule has 1 aliphatic rings. The molecule has 0 saturated heterocycles. The number of aliphatic imine (C=N–C) groups is 1. The van der Waals surface area contributed by atoms with Gasteiger partial charge in [0.2, 0.25) is 0 Å². The molecule has 2 atom stereocenters. The highest BCUT2D eigenvalue weighted by atomic mass is 19.4. The second kappa shape index (κ2) is 10.5. The maximum atomic E-state index is 14.4. The number of nitrogens with one attached hydrogen (secondary N) is 1. The minimum Gasteiger partial charge on any atom is -0.475 e. The van der Waals surface area contributed by atoms with Gasteiger partial charge in [-0.25, -0.2) is 13.6 Å². The molecule has 4 nitrogen and oxygen atoms in total. The maximum absolute atomic E-state index is 14.4. The molecule has 2 N–H and O–H groups in total. The second-order valence-electron chi connectivity index (χ2n) is 7.60. The van der Waals surface area contributed by atoms with Gasteiger partial charge in [-0.1, -0.05) is 66.7 Å². The molecule has 0 radical (unpaired) electrons. The van der Waals surface area contributed by atoms with Crippen LogP contribution in [0.2, 0.25) is 0 Å². The third kappa shape index (κ3) is 5.98. The van der Waals surface area contributed by atoms with E-state index in [1.807, 2.05) is 60.7 Å². The Morgan fingerprint density at radius 1 is 0.941 bits per heavy atom. The topological polar surface area (TPSA) is 61.7 Å². The van der Waals surface area contributed by atoms with Crippen molar-refractivity contribution in [3.8, 4) is 0 Å². The van der Waals surface area contributed by atoms with Gasteiger partial charge in [0.05, 0.1) is 6.04 Å². The molecule has 1 aliphatic heterocycles. The van der Waals surface area contributed by atoms with E-state index in [9.17, 15) is 22.0 Å². The molecule has 0 fully saturated rings. The number of aryl methyl sites for hydroxylation is 1. The van der Waals surface area contributed by atoms with E-state index >= 15 is 0 Å². The number of carbonyl (C=O) groups is 1. The van der Waals surface area contributed by atoms with Crippen LogP contribution in [-0.2, 0) is 11.2 Å². The largest absolute Gasteiger partial charge is 0.490 e. The number of alkyl halides is 3. The lowest BCUT2D eigenvalue weighted by Crippen LogP contribution is -2.26. The van der Waals surface area contributed by atoms with Crippen molar-refractivity contribution in [2.45, 2.75) is 31.6 Å². The summed E-state index contributed by atoms with van der Waals surface area (Å²) in [6.07, 6.45) is -4.98. The number of halogens is 5. The summed E-state index contributed by atoms with van der Waals surface area (Å²) in [7, 11) is 0. The average molecular weight is 476 g/mol. The minimum absolute atomic E-state index is 0.0572. The molecule has 0 aromatic heterocycles. The zero-order chi connectivity index (χ0) is 24.9. The third-order valence-corrected chi connectivity index (χ3v) is 5.20.